The second-order valence-electron chi connectivity index (χ2n) is 5.79. The number of hydrogen-bond acceptors (Lipinski definition) is 5. The molecule has 3 N–H and O–H groups in total. The minimum atomic E-state index is -0.328. The van der Waals surface area contributed by atoms with E-state index in [1.54, 1.807) is 18.3 Å². The molecular formula is C20H20ClN5O2. The minimum absolute atomic E-state index is 0.312. The zero-order valence-electron chi connectivity index (χ0n) is 15.3. The van der Waals surface area contributed by atoms with Crippen LogP contribution in [0.25, 0.3) is 0 Å². The van der Waals surface area contributed by atoms with E-state index < -0.39 is 0 Å². The maximum absolute atomic E-state index is 12.2. The largest absolute Gasteiger partial charge is 0.494 e. The number of hydrogen-bond donors (Lipinski definition) is 3. The number of amides is 2. The van der Waals surface area contributed by atoms with Crippen LogP contribution in [0.15, 0.2) is 60.9 Å². The van der Waals surface area contributed by atoms with Gasteiger partial charge in [0.05, 0.1) is 6.61 Å². The molecule has 3 aromatic rings. The number of nitrogens with one attached hydrogen (secondary N) is 3. The highest BCUT2D eigenvalue weighted by molar-refractivity contribution is 6.31. The molecule has 8 heteroatoms. The molecule has 0 aliphatic heterocycles. The van der Waals surface area contributed by atoms with Crippen LogP contribution in [0.1, 0.15) is 12.5 Å². The van der Waals surface area contributed by atoms with Crippen molar-refractivity contribution in [1.29, 1.82) is 0 Å². The normalized spacial score (nSPS) is 10.2. The summed E-state index contributed by atoms with van der Waals surface area (Å²) in [6.07, 6.45) is 3.10. The van der Waals surface area contributed by atoms with Crippen molar-refractivity contribution in [3.05, 3.63) is 71.6 Å². The number of nitrogens with zero attached hydrogens (tertiary/aromatic N) is 2. The van der Waals surface area contributed by atoms with Crippen LogP contribution in [0.4, 0.5) is 22.0 Å². The Kier molecular flexibility index (Phi) is 6.64. The zero-order valence-corrected chi connectivity index (χ0v) is 16.0. The van der Waals surface area contributed by atoms with Gasteiger partial charge in [-0.1, -0.05) is 23.7 Å². The first-order valence-corrected chi connectivity index (χ1v) is 9.12. The number of ether oxygens (including phenoxy) is 1. The first-order valence-electron chi connectivity index (χ1n) is 8.74. The van der Waals surface area contributed by atoms with Gasteiger partial charge in [0, 0.05) is 30.3 Å². The van der Waals surface area contributed by atoms with Gasteiger partial charge >= 0.3 is 6.03 Å². The summed E-state index contributed by atoms with van der Waals surface area (Å²) in [6.45, 7) is 3.01. The van der Waals surface area contributed by atoms with Crippen molar-refractivity contribution < 1.29 is 9.53 Å². The molecule has 0 spiro atoms. The quantitative estimate of drug-likeness (QED) is 0.533. The number of aromatic nitrogens is 2. The maximum atomic E-state index is 12.2. The van der Waals surface area contributed by atoms with Crippen LogP contribution in [-0.4, -0.2) is 22.6 Å². The summed E-state index contributed by atoms with van der Waals surface area (Å²) in [5, 5.41) is 9.04. The molecule has 0 radical (unpaired) electrons. The van der Waals surface area contributed by atoms with Crippen molar-refractivity contribution in [2.75, 3.05) is 22.6 Å². The zero-order chi connectivity index (χ0) is 19.8. The van der Waals surface area contributed by atoms with Gasteiger partial charge in [-0.3, -0.25) is 0 Å². The number of carbonyl (C=O) groups excluding carboxylic acids is 1. The second kappa shape index (κ2) is 9.57. The molecule has 144 valence electrons. The lowest BCUT2D eigenvalue weighted by atomic mass is 10.2. The van der Waals surface area contributed by atoms with E-state index in [-0.39, 0.29) is 6.03 Å². The number of urea groups is 1. The van der Waals surface area contributed by atoms with E-state index in [0.29, 0.717) is 35.5 Å². The van der Waals surface area contributed by atoms with Gasteiger partial charge in [0.1, 0.15) is 5.75 Å². The average molecular weight is 398 g/mol. The molecular weight excluding hydrogens is 378 g/mol. The maximum Gasteiger partial charge on any atom is 0.323 e. The lowest BCUT2D eigenvalue weighted by Gasteiger charge is -2.11. The Bertz CT molecular complexity index is 934. The first-order chi connectivity index (χ1) is 13.6. The van der Waals surface area contributed by atoms with Crippen molar-refractivity contribution in [2.24, 2.45) is 0 Å². The fraction of sp³-hybridized carbons (Fsp3) is 0.150. The van der Waals surface area contributed by atoms with E-state index >= 15 is 0 Å². The smallest absolute Gasteiger partial charge is 0.323 e. The molecule has 0 aliphatic carbocycles. The van der Waals surface area contributed by atoms with Gasteiger partial charge in [-0.05, 0) is 48.9 Å². The van der Waals surface area contributed by atoms with Gasteiger partial charge < -0.3 is 20.7 Å². The minimum Gasteiger partial charge on any atom is -0.494 e. The Balaban J connectivity index is 1.56. The van der Waals surface area contributed by atoms with E-state index in [4.69, 9.17) is 16.3 Å². The van der Waals surface area contributed by atoms with E-state index in [1.165, 1.54) is 6.20 Å². The number of benzene rings is 2. The Morgan fingerprint density at radius 3 is 2.54 bits per heavy atom. The average Bonchev–Trinajstić information content (AvgIpc) is 2.69. The lowest BCUT2D eigenvalue weighted by Crippen LogP contribution is -2.19. The predicted molar refractivity (Wildman–Crippen MR) is 111 cm³/mol. The van der Waals surface area contributed by atoms with Gasteiger partial charge in [-0.25, -0.2) is 14.8 Å². The monoisotopic (exact) mass is 397 g/mol. The summed E-state index contributed by atoms with van der Waals surface area (Å²) in [5.41, 5.74) is 2.31. The van der Waals surface area contributed by atoms with Crippen LogP contribution in [0.5, 0.6) is 5.75 Å². The molecule has 7 nitrogen and oxygen atoms in total. The van der Waals surface area contributed by atoms with Gasteiger partial charge in [-0.15, -0.1) is 0 Å². The molecule has 0 unspecified atom stereocenters. The van der Waals surface area contributed by atoms with E-state index in [2.05, 4.69) is 25.9 Å². The molecule has 2 amide bonds. The van der Waals surface area contributed by atoms with Crippen molar-refractivity contribution >= 4 is 34.8 Å². The predicted octanol–water partition coefficient (Wildman–Crippen LogP) is 4.78. The van der Waals surface area contributed by atoms with Crippen LogP contribution in [-0.2, 0) is 6.54 Å². The molecule has 0 bridgehead atoms. The Morgan fingerprint density at radius 1 is 1.04 bits per heavy atom. The Hall–Kier alpha value is -3.32. The van der Waals surface area contributed by atoms with Crippen molar-refractivity contribution in [1.82, 2.24) is 9.97 Å². The van der Waals surface area contributed by atoms with Crippen LogP contribution >= 0.6 is 11.6 Å². The molecule has 0 saturated heterocycles. The second-order valence-corrected chi connectivity index (χ2v) is 6.14. The molecule has 0 fully saturated rings. The van der Waals surface area contributed by atoms with E-state index in [9.17, 15) is 4.79 Å². The summed E-state index contributed by atoms with van der Waals surface area (Å²) >= 11 is 5.99. The van der Waals surface area contributed by atoms with Crippen LogP contribution in [0.2, 0.25) is 5.15 Å². The van der Waals surface area contributed by atoms with Gasteiger partial charge in [0.15, 0.2) is 11.0 Å². The number of halogens is 1. The van der Waals surface area contributed by atoms with Crippen LogP contribution in [0, 0.1) is 0 Å². The summed E-state index contributed by atoms with van der Waals surface area (Å²) in [6, 6.07) is 14.4. The highest BCUT2D eigenvalue weighted by atomic mass is 35.5. The molecule has 28 heavy (non-hydrogen) atoms. The molecule has 0 saturated carbocycles. The molecule has 1 aromatic heterocycles. The van der Waals surface area contributed by atoms with Crippen LogP contribution < -0.4 is 20.7 Å². The first kappa shape index (κ1) is 19.4. The van der Waals surface area contributed by atoms with E-state index in [0.717, 1.165) is 11.3 Å². The third-order valence-electron chi connectivity index (χ3n) is 3.72. The standard InChI is InChI=1S/C20H20ClN5O2/c1-2-28-17-8-6-15(7-9-17)25-20(27)26-16-5-3-4-14(12-16)13-24-19-18(21)22-10-11-23-19/h3-12H,2,13H2,1H3,(H,23,24)(H2,25,26,27). The van der Waals surface area contributed by atoms with Crippen LogP contribution in [0.3, 0.4) is 0 Å². The Morgan fingerprint density at radius 2 is 1.79 bits per heavy atom. The molecule has 1 heterocycles. The topological polar surface area (TPSA) is 88.2 Å². The van der Waals surface area contributed by atoms with Gasteiger partial charge in [-0.2, -0.15) is 0 Å². The summed E-state index contributed by atoms with van der Waals surface area (Å²) < 4.78 is 5.39. The third kappa shape index (κ3) is 5.59. The molecule has 2 aromatic carbocycles. The van der Waals surface area contributed by atoms with Crippen molar-refractivity contribution in [3.63, 3.8) is 0 Å². The summed E-state index contributed by atoms with van der Waals surface area (Å²) in [4.78, 5) is 20.3. The summed E-state index contributed by atoms with van der Waals surface area (Å²) in [7, 11) is 0. The molecule has 0 aliphatic rings. The third-order valence-corrected chi connectivity index (χ3v) is 4.00. The molecule has 0 atom stereocenters. The van der Waals surface area contributed by atoms with E-state index in [1.807, 2.05) is 43.3 Å². The van der Waals surface area contributed by atoms with Gasteiger partial charge in [0.25, 0.3) is 0 Å². The van der Waals surface area contributed by atoms with Crippen molar-refractivity contribution in [3.8, 4) is 5.75 Å². The number of anilines is 3. The number of carbonyl (C=O) groups is 1. The summed E-state index contributed by atoms with van der Waals surface area (Å²) in [5.74, 6) is 1.27. The highest BCUT2D eigenvalue weighted by Gasteiger charge is 2.05. The SMILES string of the molecule is CCOc1ccc(NC(=O)Nc2cccc(CNc3nccnc3Cl)c2)cc1. The molecule has 3 rings (SSSR count). The number of rotatable bonds is 7. The fourth-order valence-corrected chi connectivity index (χ4v) is 2.65. The van der Waals surface area contributed by atoms with Gasteiger partial charge in [0.2, 0.25) is 0 Å². The Labute approximate surface area is 168 Å². The van der Waals surface area contributed by atoms with Crippen molar-refractivity contribution in [2.45, 2.75) is 13.5 Å². The fourth-order valence-electron chi connectivity index (χ4n) is 2.48. The highest BCUT2D eigenvalue weighted by Crippen LogP contribution is 2.18. The lowest BCUT2D eigenvalue weighted by molar-refractivity contribution is 0.262.